The van der Waals surface area contributed by atoms with Gasteiger partial charge in [0.05, 0.1) is 4.90 Å². The van der Waals surface area contributed by atoms with Gasteiger partial charge in [-0.15, -0.1) is 25.3 Å². The van der Waals surface area contributed by atoms with Crippen LogP contribution in [0.15, 0.2) is 22.4 Å². The molecule has 0 amide bonds. The Bertz CT molecular complexity index is 168. The number of hydrogen-bond donors (Lipinski definition) is 2. The molecule has 0 radical (unpaired) electrons. The van der Waals surface area contributed by atoms with Crippen LogP contribution in [0.3, 0.4) is 0 Å². The second kappa shape index (κ2) is 2.37. The summed E-state index contributed by atoms with van der Waals surface area (Å²) in [4.78, 5) is 8.17. The van der Waals surface area contributed by atoms with Gasteiger partial charge in [0.25, 0.3) is 0 Å². The summed E-state index contributed by atoms with van der Waals surface area (Å²) in [7, 11) is 0. The molecule has 8 heavy (non-hydrogen) atoms. The molecule has 42 valence electrons. The number of hydrogen-bond acceptors (Lipinski definition) is 4. The van der Waals surface area contributed by atoms with Crippen LogP contribution in [-0.2, 0) is 0 Å². The minimum absolute atomic E-state index is 0.614. The van der Waals surface area contributed by atoms with Gasteiger partial charge in [0.1, 0.15) is 11.4 Å². The molecule has 0 saturated heterocycles. The van der Waals surface area contributed by atoms with Crippen molar-refractivity contribution in [1.82, 2.24) is 9.97 Å². The maximum Gasteiger partial charge on any atom is 0.116 e. The van der Waals surface area contributed by atoms with Crippen LogP contribution >= 0.6 is 25.3 Å². The molecule has 2 nitrogen and oxygen atoms in total. The van der Waals surface area contributed by atoms with E-state index in [1.165, 1.54) is 6.33 Å². The minimum atomic E-state index is 0.614. The third-order valence-electron chi connectivity index (χ3n) is 0.673. The van der Waals surface area contributed by atoms with Gasteiger partial charge in [-0.05, 0) is 0 Å². The fourth-order valence-electron chi connectivity index (χ4n) is 0.316. The van der Waals surface area contributed by atoms with Crippen LogP contribution in [0.2, 0.25) is 0 Å². The fourth-order valence-corrected chi connectivity index (χ4v) is 0.550. The van der Waals surface area contributed by atoms with Gasteiger partial charge in [-0.3, -0.25) is 0 Å². The Morgan fingerprint density at radius 2 is 2.12 bits per heavy atom. The predicted molar refractivity (Wildman–Crippen MR) is 36.5 cm³/mol. The lowest BCUT2D eigenvalue weighted by molar-refractivity contribution is 0.969. The normalized spacial score (nSPS) is 9.25. The van der Waals surface area contributed by atoms with E-state index in [0.29, 0.717) is 9.92 Å². The lowest BCUT2D eigenvalue weighted by Gasteiger charge is -1.89. The van der Waals surface area contributed by atoms with Crippen LogP contribution < -0.4 is 0 Å². The van der Waals surface area contributed by atoms with Crippen molar-refractivity contribution >= 4 is 25.3 Å². The molecule has 0 atom stereocenters. The number of thiol groups is 2. The monoisotopic (exact) mass is 144 g/mol. The van der Waals surface area contributed by atoms with Crippen molar-refractivity contribution in [3.05, 3.63) is 12.5 Å². The van der Waals surface area contributed by atoms with E-state index in [1.54, 1.807) is 6.20 Å². The van der Waals surface area contributed by atoms with Crippen molar-refractivity contribution in [3.63, 3.8) is 0 Å². The average molecular weight is 144 g/mol. The molecule has 0 aliphatic heterocycles. The SMILES string of the molecule is Sc1cncnc1S. The van der Waals surface area contributed by atoms with E-state index in [4.69, 9.17) is 0 Å². The Labute approximate surface area is 58.2 Å². The second-order valence-electron chi connectivity index (χ2n) is 1.23. The third-order valence-corrected chi connectivity index (χ3v) is 1.53. The highest BCUT2D eigenvalue weighted by molar-refractivity contribution is 7.83. The van der Waals surface area contributed by atoms with Gasteiger partial charge in [-0.1, -0.05) is 0 Å². The molecule has 0 N–H and O–H groups in total. The van der Waals surface area contributed by atoms with E-state index in [9.17, 15) is 0 Å². The highest BCUT2D eigenvalue weighted by Gasteiger charge is 1.89. The number of rotatable bonds is 0. The maximum absolute atomic E-state index is 4.00. The van der Waals surface area contributed by atoms with Gasteiger partial charge in [-0.2, -0.15) is 0 Å². The first-order valence-corrected chi connectivity index (χ1v) is 2.88. The van der Waals surface area contributed by atoms with E-state index < -0.39 is 0 Å². The summed E-state index contributed by atoms with van der Waals surface area (Å²) < 4.78 is 0. The van der Waals surface area contributed by atoms with E-state index >= 15 is 0 Å². The lowest BCUT2D eigenvalue weighted by Crippen LogP contribution is -1.78. The summed E-state index contributed by atoms with van der Waals surface area (Å²) >= 11 is 7.97. The smallest absolute Gasteiger partial charge is 0.116 e. The van der Waals surface area contributed by atoms with Gasteiger partial charge in [-0.25, -0.2) is 9.97 Å². The molecule has 0 bridgehead atoms. The van der Waals surface area contributed by atoms with Crippen LogP contribution in [0.5, 0.6) is 0 Å². The van der Waals surface area contributed by atoms with Crippen LogP contribution in [0.1, 0.15) is 0 Å². The molecule has 0 aliphatic carbocycles. The van der Waals surface area contributed by atoms with Gasteiger partial charge < -0.3 is 0 Å². The van der Waals surface area contributed by atoms with Gasteiger partial charge in [0.15, 0.2) is 0 Å². The van der Waals surface area contributed by atoms with Crippen LogP contribution in [0.25, 0.3) is 0 Å². The summed E-state index contributed by atoms with van der Waals surface area (Å²) in [6, 6.07) is 0. The summed E-state index contributed by atoms with van der Waals surface area (Å²) in [5.41, 5.74) is 0. The van der Waals surface area contributed by atoms with Crippen LogP contribution in [0, 0.1) is 0 Å². The third kappa shape index (κ3) is 1.14. The predicted octanol–water partition coefficient (Wildman–Crippen LogP) is 1.05. The molecule has 1 rings (SSSR count). The molecule has 0 aliphatic rings. The summed E-state index contributed by atoms with van der Waals surface area (Å²) in [6.45, 7) is 0. The van der Waals surface area contributed by atoms with E-state index in [-0.39, 0.29) is 0 Å². The molecule has 4 heteroatoms. The van der Waals surface area contributed by atoms with Gasteiger partial charge >= 0.3 is 0 Å². The largest absolute Gasteiger partial charge is 0.244 e. The summed E-state index contributed by atoms with van der Waals surface area (Å²) in [6.07, 6.45) is 3.03. The standard InChI is InChI=1S/C4H4N2S2/c7-3-1-5-2-6-4(3)8/h1-2,7H,(H,5,6,8). The first kappa shape index (κ1) is 5.91. The average Bonchev–Trinajstić information content (AvgIpc) is 1.77. The molecular formula is C4H4N2S2. The Hall–Kier alpha value is -0.220. The first-order valence-electron chi connectivity index (χ1n) is 1.98. The molecule has 1 aromatic rings. The molecule has 0 aromatic carbocycles. The molecule has 0 saturated carbocycles. The Morgan fingerprint density at radius 1 is 1.38 bits per heavy atom. The van der Waals surface area contributed by atoms with E-state index in [1.807, 2.05) is 0 Å². The Morgan fingerprint density at radius 3 is 2.50 bits per heavy atom. The van der Waals surface area contributed by atoms with Crippen molar-refractivity contribution < 1.29 is 0 Å². The molecule has 1 aromatic heterocycles. The van der Waals surface area contributed by atoms with Gasteiger partial charge in [0, 0.05) is 6.20 Å². The van der Waals surface area contributed by atoms with Crippen molar-refractivity contribution in [2.24, 2.45) is 0 Å². The summed E-state index contributed by atoms with van der Waals surface area (Å²) in [5.74, 6) is 0. The van der Waals surface area contributed by atoms with Gasteiger partial charge in [0.2, 0.25) is 0 Å². The summed E-state index contributed by atoms with van der Waals surface area (Å²) in [5, 5.41) is 0.614. The molecule has 0 unspecified atom stereocenters. The molecule has 0 fully saturated rings. The second-order valence-corrected chi connectivity index (χ2v) is 2.14. The van der Waals surface area contributed by atoms with Crippen LogP contribution in [0.4, 0.5) is 0 Å². The fraction of sp³-hybridized carbons (Fsp3) is 0. The van der Waals surface area contributed by atoms with Crippen molar-refractivity contribution in [2.75, 3.05) is 0 Å². The van der Waals surface area contributed by atoms with Crippen molar-refractivity contribution in [3.8, 4) is 0 Å². The number of nitrogens with zero attached hydrogens (tertiary/aromatic N) is 2. The zero-order valence-corrected chi connectivity index (χ0v) is 5.73. The van der Waals surface area contributed by atoms with Crippen molar-refractivity contribution in [2.45, 2.75) is 9.92 Å². The van der Waals surface area contributed by atoms with E-state index in [0.717, 1.165) is 0 Å². The Balaban J connectivity index is 3.13. The van der Waals surface area contributed by atoms with Crippen molar-refractivity contribution in [1.29, 1.82) is 0 Å². The quantitative estimate of drug-likeness (QED) is 0.420. The highest BCUT2D eigenvalue weighted by Crippen LogP contribution is 2.10. The molecular weight excluding hydrogens is 140 g/mol. The number of aromatic nitrogens is 2. The highest BCUT2D eigenvalue weighted by atomic mass is 32.1. The zero-order chi connectivity index (χ0) is 5.98. The van der Waals surface area contributed by atoms with E-state index in [2.05, 4.69) is 35.2 Å². The topological polar surface area (TPSA) is 25.8 Å². The van der Waals surface area contributed by atoms with Crippen LogP contribution in [-0.4, -0.2) is 9.97 Å². The molecule has 0 spiro atoms. The maximum atomic E-state index is 4.00. The first-order chi connectivity index (χ1) is 3.80. The lowest BCUT2D eigenvalue weighted by atomic mass is 10.7. The minimum Gasteiger partial charge on any atom is -0.244 e. The zero-order valence-electron chi connectivity index (χ0n) is 3.94. The Kier molecular flexibility index (Phi) is 1.75. The molecule has 1 heterocycles.